The predicted molar refractivity (Wildman–Crippen MR) is 44.9 cm³/mol. The van der Waals surface area contributed by atoms with Crippen LogP contribution in [0.25, 0.3) is 0 Å². The third-order valence-corrected chi connectivity index (χ3v) is 2.99. The zero-order chi connectivity index (χ0) is 6.69. The minimum absolute atomic E-state index is 0.899. The molecule has 54 valence electrons. The van der Waals surface area contributed by atoms with Crippen LogP contribution >= 0.6 is 11.8 Å². The van der Waals surface area contributed by atoms with Crippen LogP contribution in [0.15, 0.2) is 0 Å². The van der Waals surface area contributed by atoms with Gasteiger partial charge >= 0.3 is 0 Å². The second-order valence-electron chi connectivity index (χ2n) is 3.25. The van der Waals surface area contributed by atoms with E-state index in [9.17, 15) is 0 Å². The van der Waals surface area contributed by atoms with Gasteiger partial charge in [0.1, 0.15) is 0 Å². The van der Waals surface area contributed by atoms with Crippen LogP contribution in [-0.4, -0.2) is 11.0 Å². The van der Waals surface area contributed by atoms with Gasteiger partial charge in [-0.1, -0.05) is 13.8 Å². The summed E-state index contributed by atoms with van der Waals surface area (Å²) in [5.74, 6) is 2.29. The van der Waals surface area contributed by atoms with E-state index in [1.54, 1.807) is 0 Å². The quantitative estimate of drug-likeness (QED) is 0.584. The minimum Gasteiger partial charge on any atom is -0.159 e. The van der Waals surface area contributed by atoms with E-state index in [1.807, 2.05) is 0 Å². The molecule has 0 nitrogen and oxygen atoms in total. The Hall–Kier alpha value is 0.350. The highest BCUT2D eigenvalue weighted by Crippen LogP contribution is 2.34. The third kappa shape index (κ3) is 3.85. The van der Waals surface area contributed by atoms with Crippen molar-refractivity contribution in [3.05, 3.63) is 0 Å². The van der Waals surface area contributed by atoms with Crippen LogP contribution in [0.4, 0.5) is 0 Å². The average Bonchev–Trinajstić information content (AvgIpc) is 2.48. The van der Waals surface area contributed by atoms with Crippen molar-refractivity contribution < 1.29 is 0 Å². The zero-order valence-corrected chi connectivity index (χ0v) is 7.21. The highest BCUT2D eigenvalue weighted by molar-refractivity contribution is 8.00. The van der Waals surface area contributed by atoms with Gasteiger partial charge < -0.3 is 0 Å². The summed E-state index contributed by atoms with van der Waals surface area (Å²) < 4.78 is 0. The molecule has 0 bridgehead atoms. The van der Waals surface area contributed by atoms with Crippen LogP contribution in [-0.2, 0) is 0 Å². The molecule has 0 aliphatic heterocycles. The van der Waals surface area contributed by atoms with Gasteiger partial charge in [-0.25, -0.2) is 0 Å². The molecule has 0 radical (unpaired) electrons. The number of hydrogen-bond acceptors (Lipinski definition) is 1. The van der Waals surface area contributed by atoms with Crippen molar-refractivity contribution in [3.8, 4) is 0 Å². The van der Waals surface area contributed by atoms with Crippen molar-refractivity contribution in [2.75, 3.05) is 5.75 Å². The summed E-state index contributed by atoms with van der Waals surface area (Å²) in [5, 5.41) is 1.06. The normalized spacial score (nSPS) is 19.0. The molecule has 0 atom stereocenters. The summed E-state index contributed by atoms with van der Waals surface area (Å²) in [6, 6.07) is 0. The Morgan fingerprint density at radius 2 is 2.11 bits per heavy atom. The molecular weight excluding hydrogens is 128 g/mol. The minimum atomic E-state index is 0.899. The standard InChI is InChI=1S/C8H16S/c1-7(2)5-6-9-8-3-4-8/h7-8H,3-6H2,1-2H3. The van der Waals surface area contributed by atoms with E-state index in [-0.39, 0.29) is 0 Å². The summed E-state index contributed by atoms with van der Waals surface area (Å²) >= 11 is 2.17. The molecule has 0 heterocycles. The van der Waals surface area contributed by atoms with Gasteiger partial charge in [-0.2, -0.15) is 11.8 Å². The lowest BCUT2D eigenvalue weighted by molar-refractivity contribution is 0.632. The summed E-state index contributed by atoms with van der Waals surface area (Å²) in [7, 11) is 0. The molecule has 0 spiro atoms. The van der Waals surface area contributed by atoms with E-state index in [2.05, 4.69) is 25.6 Å². The zero-order valence-electron chi connectivity index (χ0n) is 6.39. The van der Waals surface area contributed by atoms with Gasteiger partial charge in [-0.05, 0) is 30.9 Å². The Bertz CT molecular complexity index is 72.6. The average molecular weight is 144 g/mol. The molecule has 9 heavy (non-hydrogen) atoms. The van der Waals surface area contributed by atoms with Crippen LogP contribution in [0, 0.1) is 5.92 Å². The maximum absolute atomic E-state index is 2.30. The molecule has 0 amide bonds. The van der Waals surface area contributed by atoms with Crippen LogP contribution < -0.4 is 0 Å². The van der Waals surface area contributed by atoms with Gasteiger partial charge in [-0.3, -0.25) is 0 Å². The molecule has 1 saturated carbocycles. The lowest BCUT2D eigenvalue weighted by Gasteiger charge is -2.01. The molecule has 1 rings (SSSR count). The lowest BCUT2D eigenvalue weighted by Crippen LogP contribution is -1.89. The van der Waals surface area contributed by atoms with Crippen LogP contribution in [0.1, 0.15) is 33.1 Å². The molecule has 1 heteroatoms. The molecule has 0 unspecified atom stereocenters. The molecule has 0 N–H and O–H groups in total. The van der Waals surface area contributed by atoms with Crippen LogP contribution in [0.2, 0.25) is 0 Å². The maximum Gasteiger partial charge on any atom is 0.00478 e. The molecule has 0 saturated heterocycles. The fraction of sp³-hybridized carbons (Fsp3) is 1.00. The van der Waals surface area contributed by atoms with E-state index in [4.69, 9.17) is 0 Å². The van der Waals surface area contributed by atoms with Crippen molar-refractivity contribution in [2.24, 2.45) is 5.92 Å². The van der Waals surface area contributed by atoms with Gasteiger partial charge in [0.15, 0.2) is 0 Å². The SMILES string of the molecule is CC(C)CCSC1CC1. The number of thioether (sulfide) groups is 1. The van der Waals surface area contributed by atoms with Crippen molar-refractivity contribution in [2.45, 2.75) is 38.4 Å². The first-order valence-corrected chi connectivity index (χ1v) is 4.95. The fourth-order valence-electron chi connectivity index (χ4n) is 0.705. The highest BCUT2D eigenvalue weighted by atomic mass is 32.2. The number of hydrogen-bond donors (Lipinski definition) is 0. The molecular formula is C8H16S. The van der Waals surface area contributed by atoms with Crippen molar-refractivity contribution >= 4 is 11.8 Å². The third-order valence-electron chi connectivity index (χ3n) is 1.57. The van der Waals surface area contributed by atoms with Crippen molar-refractivity contribution in [1.29, 1.82) is 0 Å². The molecule has 1 aliphatic rings. The topological polar surface area (TPSA) is 0 Å². The van der Waals surface area contributed by atoms with E-state index < -0.39 is 0 Å². The summed E-state index contributed by atoms with van der Waals surface area (Å²) in [6.07, 6.45) is 4.38. The Balaban J connectivity index is 1.81. The first kappa shape index (κ1) is 7.46. The van der Waals surface area contributed by atoms with Crippen LogP contribution in [0.3, 0.4) is 0 Å². The highest BCUT2D eigenvalue weighted by Gasteiger charge is 2.20. The van der Waals surface area contributed by atoms with Crippen molar-refractivity contribution in [3.63, 3.8) is 0 Å². The molecule has 0 aromatic rings. The van der Waals surface area contributed by atoms with E-state index in [1.165, 1.54) is 25.0 Å². The van der Waals surface area contributed by atoms with Gasteiger partial charge in [0.25, 0.3) is 0 Å². The Kier molecular flexibility index (Phi) is 2.90. The van der Waals surface area contributed by atoms with E-state index in [0.717, 1.165) is 11.2 Å². The monoisotopic (exact) mass is 144 g/mol. The molecule has 1 aliphatic carbocycles. The largest absolute Gasteiger partial charge is 0.159 e. The Morgan fingerprint density at radius 3 is 2.56 bits per heavy atom. The van der Waals surface area contributed by atoms with Gasteiger partial charge in [0.05, 0.1) is 0 Å². The Morgan fingerprint density at radius 1 is 1.44 bits per heavy atom. The second kappa shape index (κ2) is 3.50. The Labute approximate surface area is 62.4 Å². The molecule has 0 aromatic heterocycles. The molecule has 0 aromatic carbocycles. The fourth-order valence-corrected chi connectivity index (χ4v) is 2.12. The van der Waals surface area contributed by atoms with E-state index in [0.29, 0.717) is 0 Å². The number of rotatable bonds is 4. The first-order valence-electron chi connectivity index (χ1n) is 3.90. The lowest BCUT2D eigenvalue weighted by atomic mass is 10.2. The van der Waals surface area contributed by atoms with Gasteiger partial charge in [-0.15, -0.1) is 0 Å². The second-order valence-corrected chi connectivity index (χ2v) is 4.66. The summed E-state index contributed by atoms with van der Waals surface area (Å²) in [6.45, 7) is 4.60. The maximum atomic E-state index is 2.30. The van der Waals surface area contributed by atoms with Crippen molar-refractivity contribution in [1.82, 2.24) is 0 Å². The summed E-state index contributed by atoms with van der Waals surface area (Å²) in [5.41, 5.74) is 0. The van der Waals surface area contributed by atoms with Crippen LogP contribution in [0.5, 0.6) is 0 Å². The van der Waals surface area contributed by atoms with Gasteiger partial charge in [0, 0.05) is 5.25 Å². The van der Waals surface area contributed by atoms with Gasteiger partial charge in [0.2, 0.25) is 0 Å². The summed E-state index contributed by atoms with van der Waals surface area (Å²) in [4.78, 5) is 0. The first-order chi connectivity index (χ1) is 4.29. The smallest absolute Gasteiger partial charge is 0.00478 e. The molecule has 1 fully saturated rings. The predicted octanol–water partition coefficient (Wildman–Crippen LogP) is 2.93. The van der Waals surface area contributed by atoms with E-state index >= 15 is 0 Å².